The number of rotatable bonds is 4. The molecule has 3 atom stereocenters. The van der Waals surface area contributed by atoms with Crippen LogP contribution in [-0.2, 0) is 9.47 Å². The molecule has 0 heterocycles. The minimum Gasteiger partial charge on any atom is -0.445 e. The minimum atomic E-state index is -1.68. The number of halogens is 3. The lowest BCUT2D eigenvalue weighted by Gasteiger charge is -2.36. The number of carbonyl (C=O) groups is 2. The Morgan fingerprint density at radius 2 is 1.76 bits per heavy atom. The average Bonchev–Trinajstić information content (AvgIpc) is 2.44. The van der Waals surface area contributed by atoms with Crippen LogP contribution in [0.1, 0.15) is 40.0 Å². The molecule has 3 N–H and O–H groups in total. The summed E-state index contributed by atoms with van der Waals surface area (Å²) < 4.78 is 8.38. The number of hydrogen-bond acceptors (Lipinski definition) is 5. The number of aliphatic hydroxyl groups is 1. The van der Waals surface area contributed by atoms with Crippen LogP contribution in [0, 0.1) is 5.92 Å². The third kappa shape index (κ3) is 9.58. The van der Waals surface area contributed by atoms with Crippen LogP contribution in [0.3, 0.4) is 0 Å². The zero-order chi connectivity index (χ0) is 19.3. The fourth-order valence-electron chi connectivity index (χ4n) is 2.60. The number of amides is 2. The van der Waals surface area contributed by atoms with Gasteiger partial charge in [0.1, 0.15) is 12.2 Å². The summed E-state index contributed by atoms with van der Waals surface area (Å²) in [6.45, 7) is 4.84. The van der Waals surface area contributed by atoms with Gasteiger partial charge in [0.2, 0.25) is 3.79 Å². The van der Waals surface area contributed by atoms with E-state index in [0.717, 1.165) is 0 Å². The Labute approximate surface area is 162 Å². The Bertz CT molecular complexity index is 465. The Kier molecular flexibility index (Phi) is 8.38. The van der Waals surface area contributed by atoms with Gasteiger partial charge in [-0.3, -0.25) is 0 Å². The van der Waals surface area contributed by atoms with Gasteiger partial charge in [0.25, 0.3) is 0 Å². The van der Waals surface area contributed by atoms with Crippen molar-refractivity contribution in [1.82, 2.24) is 10.6 Å². The van der Waals surface area contributed by atoms with E-state index >= 15 is 0 Å². The first-order chi connectivity index (χ1) is 11.4. The summed E-state index contributed by atoms with van der Waals surface area (Å²) in [7, 11) is 0. The molecule has 0 radical (unpaired) electrons. The van der Waals surface area contributed by atoms with Crippen LogP contribution in [0.4, 0.5) is 9.59 Å². The second-order valence-electron chi connectivity index (χ2n) is 7.04. The zero-order valence-corrected chi connectivity index (χ0v) is 16.7. The molecule has 0 aromatic rings. The van der Waals surface area contributed by atoms with E-state index in [1.807, 2.05) is 0 Å². The van der Waals surface area contributed by atoms with Crippen molar-refractivity contribution in [3.05, 3.63) is 0 Å². The van der Waals surface area contributed by atoms with Gasteiger partial charge in [-0.25, -0.2) is 9.59 Å². The van der Waals surface area contributed by atoms with E-state index in [1.54, 1.807) is 20.8 Å². The molecular formula is C15H25Cl3N2O5. The molecular weight excluding hydrogens is 395 g/mol. The van der Waals surface area contributed by atoms with Gasteiger partial charge >= 0.3 is 12.2 Å². The highest BCUT2D eigenvalue weighted by Gasteiger charge is 2.33. The van der Waals surface area contributed by atoms with Crippen molar-refractivity contribution in [2.24, 2.45) is 5.92 Å². The summed E-state index contributed by atoms with van der Waals surface area (Å²) >= 11 is 16.6. The van der Waals surface area contributed by atoms with Crippen molar-refractivity contribution in [2.75, 3.05) is 13.2 Å². The molecule has 1 aliphatic carbocycles. The predicted molar refractivity (Wildman–Crippen MR) is 96.1 cm³/mol. The third-order valence-corrected chi connectivity index (χ3v) is 3.94. The van der Waals surface area contributed by atoms with Gasteiger partial charge in [-0.15, -0.1) is 0 Å². The summed E-state index contributed by atoms with van der Waals surface area (Å²) in [4.78, 5) is 23.6. The number of carbonyl (C=O) groups excluding carboxylic acids is 2. The number of nitrogens with one attached hydrogen (secondary N) is 2. The molecule has 0 aliphatic heterocycles. The van der Waals surface area contributed by atoms with Crippen LogP contribution in [-0.4, -0.2) is 52.0 Å². The van der Waals surface area contributed by atoms with Gasteiger partial charge in [-0.05, 0) is 40.0 Å². The van der Waals surface area contributed by atoms with Crippen LogP contribution in [0.5, 0.6) is 0 Å². The van der Waals surface area contributed by atoms with Gasteiger partial charge in [0.05, 0.1) is 0 Å². The molecule has 1 saturated carbocycles. The van der Waals surface area contributed by atoms with Gasteiger partial charge in [0, 0.05) is 24.6 Å². The van der Waals surface area contributed by atoms with Crippen molar-refractivity contribution in [3.63, 3.8) is 0 Å². The quantitative estimate of drug-likeness (QED) is 0.608. The smallest absolute Gasteiger partial charge is 0.407 e. The SMILES string of the molecule is CC(C)(C)OC(=O)N[C@@H]1CC[C@H](NC(=O)OCC(Cl)(Cl)Cl)[C@@H](CO)C1. The Balaban J connectivity index is 2.47. The summed E-state index contributed by atoms with van der Waals surface area (Å²) in [5.74, 6) is -0.228. The lowest BCUT2D eigenvalue weighted by molar-refractivity contribution is 0.0457. The number of aliphatic hydroxyl groups excluding tert-OH is 1. The monoisotopic (exact) mass is 418 g/mol. The third-order valence-electron chi connectivity index (χ3n) is 3.61. The van der Waals surface area contributed by atoms with Crippen molar-refractivity contribution in [2.45, 2.75) is 61.5 Å². The molecule has 10 heteroatoms. The van der Waals surface area contributed by atoms with Crippen LogP contribution in [0.15, 0.2) is 0 Å². The summed E-state index contributed by atoms with van der Waals surface area (Å²) in [6, 6.07) is -0.424. The molecule has 7 nitrogen and oxygen atoms in total. The van der Waals surface area contributed by atoms with E-state index < -0.39 is 21.6 Å². The number of hydrogen-bond donors (Lipinski definition) is 3. The molecule has 0 saturated heterocycles. The molecule has 0 unspecified atom stereocenters. The van der Waals surface area contributed by atoms with Crippen LogP contribution in [0.25, 0.3) is 0 Å². The highest BCUT2D eigenvalue weighted by molar-refractivity contribution is 6.67. The van der Waals surface area contributed by atoms with E-state index in [2.05, 4.69) is 10.6 Å². The second-order valence-corrected chi connectivity index (χ2v) is 9.56. The average molecular weight is 420 g/mol. The van der Waals surface area contributed by atoms with E-state index in [4.69, 9.17) is 44.3 Å². The zero-order valence-electron chi connectivity index (χ0n) is 14.5. The maximum absolute atomic E-state index is 11.8. The molecule has 1 fully saturated rings. The van der Waals surface area contributed by atoms with Crippen LogP contribution >= 0.6 is 34.8 Å². The highest BCUT2D eigenvalue weighted by Crippen LogP contribution is 2.27. The molecule has 0 aromatic carbocycles. The predicted octanol–water partition coefficient (Wildman–Crippen LogP) is 3.14. The fraction of sp³-hybridized carbons (Fsp3) is 0.867. The number of alkyl carbamates (subject to hydrolysis) is 2. The number of alkyl halides is 3. The topological polar surface area (TPSA) is 96.9 Å². The molecule has 25 heavy (non-hydrogen) atoms. The molecule has 1 rings (SSSR count). The maximum atomic E-state index is 11.8. The van der Waals surface area contributed by atoms with E-state index in [9.17, 15) is 14.7 Å². The van der Waals surface area contributed by atoms with Crippen LogP contribution < -0.4 is 10.6 Å². The standard InChI is InChI=1S/C15H25Cl3N2O5/c1-14(2,3)25-13(23)19-10-4-5-11(9(6-10)7-21)20-12(22)24-8-15(16,17)18/h9-11,21H,4-8H2,1-3H3,(H,19,23)(H,20,22)/t9-,10-,11+/m1/s1. The summed E-state index contributed by atoms with van der Waals surface area (Å²) in [5.41, 5.74) is -0.578. The molecule has 2 amide bonds. The number of ether oxygens (including phenoxy) is 2. The maximum Gasteiger partial charge on any atom is 0.407 e. The van der Waals surface area contributed by atoms with Crippen LogP contribution in [0.2, 0.25) is 0 Å². The highest BCUT2D eigenvalue weighted by atomic mass is 35.6. The van der Waals surface area contributed by atoms with Crippen molar-refractivity contribution in [1.29, 1.82) is 0 Å². The van der Waals surface area contributed by atoms with Gasteiger partial charge in [-0.1, -0.05) is 34.8 Å². The van der Waals surface area contributed by atoms with E-state index in [0.29, 0.717) is 19.3 Å². The largest absolute Gasteiger partial charge is 0.445 e. The molecule has 1 aliphatic rings. The Hall–Kier alpha value is -0.630. The van der Waals surface area contributed by atoms with Crippen molar-refractivity contribution < 1.29 is 24.2 Å². The second kappa shape index (κ2) is 9.35. The molecule has 0 spiro atoms. The lowest BCUT2D eigenvalue weighted by atomic mass is 9.82. The van der Waals surface area contributed by atoms with Gasteiger partial charge in [0.15, 0.2) is 0 Å². The first kappa shape index (κ1) is 22.4. The summed E-state index contributed by atoms with van der Waals surface area (Å²) in [5, 5.41) is 15.0. The molecule has 0 bridgehead atoms. The van der Waals surface area contributed by atoms with Crippen molar-refractivity contribution >= 4 is 47.0 Å². The van der Waals surface area contributed by atoms with Gasteiger partial charge in [-0.2, -0.15) is 0 Å². The van der Waals surface area contributed by atoms with E-state index in [1.165, 1.54) is 0 Å². The van der Waals surface area contributed by atoms with Gasteiger partial charge < -0.3 is 25.2 Å². The molecule has 0 aromatic heterocycles. The minimum absolute atomic E-state index is 0.137. The Morgan fingerprint density at radius 1 is 1.12 bits per heavy atom. The van der Waals surface area contributed by atoms with Crippen molar-refractivity contribution in [3.8, 4) is 0 Å². The lowest BCUT2D eigenvalue weighted by Crippen LogP contribution is -2.50. The molecule has 146 valence electrons. The fourth-order valence-corrected chi connectivity index (χ4v) is 2.77. The first-order valence-electron chi connectivity index (χ1n) is 8.00. The normalized spacial score (nSPS) is 24.4. The summed E-state index contributed by atoms with van der Waals surface area (Å²) in [6.07, 6.45) is 0.487. The Morgan fingerprint density at radius 3 is 2.28 bits per heavy atom. The van der Waals surface area contributed by atoms with E-state index in [-0.39, 0.29) is 31.2 Å². The first-order valence-corrected chi connectivity index (χ1v) is 9.13.